The fourth-order valence-electron chi connectivity index (χ4n) is 7.97. The molecule has 0 amide bonds. The fourth-order valence-corrected chi connectivity index (χ4v) is 7.97. The predicted octanol–water partition coefficient (Wildman–Crippen LogP) is 6.95. The van der Waals surface area contributed by atoms with Gasteiger partial charge in [-0.2, -0.15) is 0 Å². The molecular weight excluding hydrogens is 644 g/mol. The average molecular weight is 689 g/mol. The number of non-ortho nitro benzene ring substituents is 1. The number of nitro benzene ring substituents is 1. The minimum Gasteiger partial charge on any atom is -0.468 e. The number of aliphatic imine (C=N–C) groups is 1. The molecule has 10 heteroatoms. The summed E-state index contributed by atoms with van der Waals surface area (Å²) in [6.45, 7) is 8.90. The lowest BCUT2D eigenvalue weighted by Crippen LogP contribution is -2.50. The van der Waals surface area contributed by atoms with E-state index in [2.05, 4.69) is 70.5 Å². The van der Waals surface area contributed by atoms with E-state index < -0.39 is 40.2 Å². The standard InChI is InChI=1S/C41H44N4O6/c1-5-51-40(47)37-36(31-17-12-18-34(27-31)45(48)49)35(39(46)50-4)28(2)42-41(37,3)32-19-21-33(22-20-32)43-23-25-44(26-24-43)38(29-13-8-6-9-14-29)30-15-10-7-11-16-30/h6-22,27,35-38H,5,23-26H2,1-4H3. The lowest BCUT2D eigenvalue weighted by atomic mass is 9.63. The normalized spacial score (nSPS) is 22.3. The zero-order valence-corrected chi connectivity index (χ0v) is 29.5. The number of piperazine rings is 1. The van der Waals surface area contributed by atoms with Crippen molar-refractivity contribution in [3.8, 4) is 0 Å². The van der Waals surface area contributed by atoms with Gasteiger partial charge in [0.1, 0.15) is 5.92 Å². The quantitative estimate of drug-likeness (QED) is 0.1000. The largest absolute Gasteiger partial charge is 0.468 e. The van der Waals surface area contributed by atoms with Gasteiger partial charge in [-0.05, 0) is 55.2 Å². The number of rotatable bonds is 10. The summed E-state index contributed by atoms with van der Waals surface area (Å²) in [7, 11) is 1.29. The molecule has 10 nitrogen and oxygen atoms in total. The summed E-state index contributed by atoms with van der Waals surface area (Å²) in [5, 5.41) is 11.8. The fraction of sp³-hybridized carbons (Fsp3) is 0.341. The van der Waals surface area contributed by atoms with E-state index in [0.29, 0.717) is 11.3 Å². The van der Waals surface area contributed by atoms with Gasteiger partial charge in [-0.15, -0.1) is 0 Å². The second-order valence-corrected chi connectivity index (χ2v) is 13.3. The molecule has 0 bridgehead atoms. The van der Waals surface area contributed by atoms with Gasteiger partial charge >= 0.3 is 11.9 Å². The van der Waals surface area contributed by atoms with E-state index in [4.69, 9.17) is 14.5 Å². The minimum atomic E-state index is -1.15. The van der Waals surface area contributed by atoms with Crippen LogP contribution in [0.2, 0.25) is 0 Å². The Morgan fingerprint density at radius 2 is 1.49 bits per heavy atom. The van der Waals surface area contributed by atoms with Gasteiger partial charge in [-0.25, -0.2) is 0 Å². The maximum Gasteiger partial charge on any atom is 0.315 e. The predicted molar refractivity (Wildman–Crippen MR) is 197 cm³/mol. The van der Waals surface area contributed by atoms with Gasteiger partial charge < -0.3 is 14.4 Å². The number of esters is 2. The van der Waals surface area contributed by atoms with E-state index >= 15 is 0 Å². The smallest absolute Gasteiger partial charge is 0.315 e. The molecule has 1 saturated heterocycles. The van der Waals surface area contributed by atoms with Gasteiger partial charge in [0.05, 0.1) is 36.1 Å². The molecule has 0 aliphatic carbocycles. The average Bonchev–Trinajstić information content (AvgIpc) is 3.15. The van der Waals surface area contributed by atoms with Crippen molar-refractivity contribution in [3.63, 3.8) is 0 Å². The molecule has 0 N–H and O–H groups in total. The zero-order chi connectivity index (χ0) is 36.1. The molecule has 6 rings (SSSR count). The van der Waals surface area contributed by atoms with E-state index in [1.54, 1.807) is 26.0 Å². The highest BCUT2D eigenvalue weighted by atomic mass is 16.6. The van der Waals surface area contributed by atoms with Gasteiger partial charge in [-0.3, -0.25) is 29.6 Å². The van der Waals surface area contributed by atoms with Crippen LogP contribution in [0, 0.1) is 22.0 Å². The molecule has 0 aromatic heterocycles. The lowest BCUT2D eigenvalue weighted by Gasteiger charge is -2.45. The Kier molecular flexibility index (Phi) is 10.6. The first-order chi connectivity index (χ1) is 24.7. The molecule has 264 valence electrons. The number of carbonyl (C=O) groups is 2. The van der Waals surface area contributed by atoms with Crippen LogP contribution in [0.25, 0.3) is 0 Å². The second-order valence-electron chi connectivity index (χ2n) is 13.3. The summed E-state index contributed by atoms with van der Waals surface area (Å²) in [6, 6.07) is 35.6. The SMILES string of the molecule is CCOC(=O)C1C(c2cccc([N+](=O)[O-])c2)C(C(=O)OC)C(C)=NC1(C)c1ccc(N2CCN(C(c3ccccc3)c3ccccc3)CC2)cc1. The van der Waals surface area contributed by atoms with E-state index in [9.17, 15) is 19.7 Å². The molecular formula is C41H44N4O6. The van der Waals surface area contributed by atoms with Crippen molar-refractivity contribution in [2.45, 2.75) is 38.3 Å². The Balaban J connectivity index is 1.30. The van der Waals surface area contributed by atoms with Crippen LogP contribution in [-0.2, 0) is 24.6 Å². The Labute approximate surface area is 298 Å². The zero-order valence-electron chi connectivity index (χ0n) is 29.5. The van der Waals surface area contributed by atoms with Gasteiger partial charge in [0.25, 0.3) is 5.69 Å². The van der Waals surface area contributed by atoms with Crippen LogP contribution in [0.15, 0.2) is 114 Å². The monoisotopic (exact) mass is 688 g/mol. The van der Waals surface area contributed by atoms with E-state index in [0.717, 1.165) is 37.4 Å². The molecule has 51 heavy (non-hydrogen) atoms. The van der Waals surface area contributed by atoms with Crippen LogP contribution in [0.3, 0.4) is 0 Å². The van der Waals surface area contributed by atoms with Crippen LogP contribution in [0.1, 0.15) is 55.0 Å². The number of ether oxygens (including phenoxy) is 2. The summed E-state index contributed by atoms with van der Waals surface area (Å²) in [4.78, 5) is 48.5. The number of hydrogen-bond acceptors (Lipinski definition) is 9. The van der Waals surface area contributed by atoms with Crippen LogP contribution in [-0.4, -0.2) is 67.4 Å². The molecule has 4 atom stereocenters. The summed E-state index contributed by atoms with van der Waals surface area (Å²) in [5.74, 6) is -3.84. The third kappa shape index (κ3) is 7.14. The number of benzene rings is 4. The van der Waals surface area contributed by atoms with E-state index in [1.165, 1.54) is 30.4 Å². The summed E-state index contributed by atoms with van der Waals surface area (Å²) in [5.41, 5.74) is 4.04. The number of nitrogens with zero attached hydrogens (tertiary/aromatic N) is 4. The Bertz CT molecular complexity index is 1840. The van der Waals surface area contributed by atoms with Gasteiger partial charge in [0, 0.05) is 55.6 Å². The molecule has 0 spiro atoms. The maximum absolute atomic E-state index is 14.0. The number of hydrogen-bond donors (Lipinski definition) is 0. The first kappa shape index (κ1) is 35.5. The highest BCUT2D eigenvalue weighted by Gasteiger charge is 2.55. The minimum absolute atomic E-state index is 0.124. The van der Waals surface area contributed by atoms with Gasteiger partial charge in [0.15, 0.2) is 0 Å². The number of anilines is 1. The highest BCUT2D eigenvalue weighted by molar-refractivity contribution is 6.04. The molecule has 0 radical (unpaired) electrons. The Morgan fingerprint density at radius 1 is 0.882 bits per heavy atom. The molecule has 1 fully saturated rings. The molecule has 2 aliphatic heterocycles. The van der Waals surface area contributed by atoms with Gasteiger partial charge in [-0.1, -0.05) is 84.9 Å². The Morgan fingerprint density at radius 3 is 2.04 bits per heavy atom. The first-order valence-electron chi connectivity index (χ1n) is 17.4. The number of methoxy groups -OCH3 is 1. The van der Waals surface area contributed by atoms with Crippen molar-refractivity contribution >= 4 is 29.0 Å². The first-order valence-corrected chi connectivity index (χ1v) is 17.4. The van der Waals surface area contributed by atoms with Crippen LogP contribution >= 0.6 is 0 Å². The third-order valence-corrected chi connectivity index (χ3v) is 10.4. The van der Waals surface area contributed by atoms with E-state index in [-0.39, 0.29) is 18.3 Å². The topological polar surface area (TPSA) is 115 Å². The maximum atomic E-state index is 14.0. The van der Waals surface area contributed by atoms with Crippen molar-refractivity contribution in [3.05, 3.63) is 142 Å². The van der Waals surface area contributed by atoms with Crippen molar-refractivity contribution in [1.29, 1.82) is 0 Å². The third-order valence-electron chi connectivity index (χ3n) is 10.4. The summed E-state index contributed by atoms with van der Waals surface area (Å²) in [6.07, 6.45) is 0. The van der Waals surface area contributed by atoms with Crippen LogP contribution in [0.4, 0.5) is 11.4 Å². The van der Waals surface area contributed by atoms with Crippen molar-refractivity contribution in [2.75, 3.05) is 44.8 Å². The van der Waals surface area contributed by atoms with E-state index in [1.807, 2.05) is 31.2 Å². The molecule has 4 unspecified atom stereocenters. The molecule has 4 aromatic carbocycles. The lowest BCUT2D eigenvalue weighted by molar-refractivity contribution is -0.385. The number of carbonyl (C=O) groups excluding carboxylic acids is 2. The second kappa shape index (κ2) is 15.3. The van der Waals surface area contributed by atoms with Gasteiger partial charge in [0.2, 0.25) is 0 Å². The molecule has 2 heterocycles. The van der Waals surface area contributed by atoms with Crippen molar-refractivity contribution in [1.82, 2.24) is 4.90 Å². The summed E-state index contributed by atoms with van der Waals surface area (Å²) >= 11 is 0. The highest BCUT2D eigenvalue weighted by Crippen LogP contribution is 2.51. The van der Waals surface area contributed by atoms with Crippen molar-refractivity contribution < 1.29 is 24.0 Å². The molecule has 0 saturated carbocycles. The van der Waals surface area contributed by atoms with Crippen molar-refractivity contribution in [2.24, 2.45) is 16.8 Å². The molecule has 2 aliphatic rings. The van der Waals surface area contributed by atoms with Crippen LogP contribution in [0.5, 0.6) is 0 Å². The molecule has 4 aromatic rings. The Hall–Kier alpha value is -5.35. The van der Waals surface area contributed by atoms with Crippen LogP contribution < -0.4 is 4.90 Å². The summed E-state index contributed by atoms with van der Waals surface area (Å²) < 4.78 is 10.8. The number of nitro groups is 1.